The molecule has 0 radical (unpaired) electrons. The van der Waals surface area contributed by atoms with Crippen LogP contribution in [0, 0.1) is 23.2 Å². The molecule has 1 fully saturated rings. The van der Waals surface area contributed by atoms with E-state index in [9.17, 15) is 4.79 Å². The van der Waals surface area contributed by atoms with E-state index in [2.05, 4.69) is 19.9 Å². The zero-order valence-corrected chi connectivity index (χ0v) is 10.2. The van der Waals surface area contributed by atoms with Gasteiger partial charge in [-0.15, -0.1) is 0 Å². The third-order valence-corrected chi connectivity index (χ3v) is 3.37. The van der Waals surface area contributed by atoms with Crippen LogP contribution >= 0.6 is 0 Å². The minimum Gasteiger partial charge on any atom is -0.462 e. The molecule has 3 atom stereocenters. The molecule has 0 bridgehead atoms. The molecule has 0 saturated carbocycles. The Kier molecular flexibility index (Phi) is 5.31. The molecule has 3 heteroatoms. The fourth-order valence-electron chi connectivity index (χ4n) is 2.18. The molecule has 1 saturated heterocycles. The number of esters is 1. The molecular formula is C13H21NO2. The van der Waals surface area contributed by atoms with E-state index in [1.165, 1.54) is 0 Å². The predicted molar refractivity (Wildman–Crippen MR) is 61.5 cm³/mol. The van der Waals surface area contributed by atoms with Gasteiger partial charge in [-0.1, -0.05) is 26.7 Å². The third kappa shape index (κ3) is 3.52. The Bertz CT molecular complexity index is 270. The second-order valence-electron chi connectivity index (χ2n) is 4.72. The summed E-state index contributed by atoms with van der Waals surface area (Å²) < 4.78 is 5.38. The first-order chi connectivity index (χ1) is 7.69. The molecule has 0 aliphatic carbocycles. The van der Waals surface area contributed by atoms with Gasteiger partial charge in [0.1, 0.15) is 6.10 Å². The molecule has 0 aromatic carbocycles. The van der Waals surface area contributed by atoms with E-state index in [1.807, 2.05) is 0 Å². The van der Waals surface area contributed by atoms with Crippen LogP contribution in [0.3, 0.4) is 0 Å². The van der Waals surface area contributed by atoms with Crippen molar-refractivity contribution < 1.29 is 9.53 Å². The second-order valence-corrected chi connectivity index (χ2v) is 4.72. The van der Waals surface area contributed by atoms with Gasteiger partial charge in [-0.25, -0.2) is 0 Å². The van der Waals surface area contributed by atoms with Crippen LogP contribution in [0.1, 0.15) is 52.4 Å². The van der Waals surface area contributed by atoms with Gasteiger partial charge in [-0.3, -0.25) is 4.79 Å². The molecule has 16 heavy (non-hydrogen) atoms. The smallest absolute Gasteiger partial charge is 0.309 e. The molecular weight excluding hydrogens is 202 g/mol. The summed E-state index contributed by atoms with van der Waals surface area (Å²) in [6, 6.07) is 2.14. The van der Waals surface area contributed by atoms with E-state index < -0.39 is 0 Å². The molecule has 3 unspecified atom stereocenters. The van der Waals surface area contributed by atoms with Crippen LogP contribution in [0.5, 0.6) is 0 Å². The highest BCUT2D eigenvalue weighted by Gasteiger charge is 2.36. The van der Waals surface area contributed by atoms with Crippen molar-refractivity contribution in [1.82, 2.24) is 0 Å². The summed E-state index contributed by atoms with van der Waals surface area (Å²) in [5.41, 5.74) is 0. The molecule has 1 aliphatic heterocycles. The Balaban J connectivity index is 2.37. The highest BCUT2D eigenvalue weighted by molar-refractivity contribution is 5.74. The van der Waals surface area contributed by atoms with Crippen LogP contribution in [-0.2, 0) is 9.53 Å². The van der Waals surface area contributed by atoms with E-state index >= 15 is 0 Å². The second kappa shape index (κ2) is 6.52. The van der Waals surface area contributed by atoms with Crippen molar-refractivity contribution in [3.63, 3.8) is 0 Å². The van der Waals surface area contributed by atoms with Crippen molar-refractivity contribution in [2.24, 2.45) is 11.8 Å². The van der Waals surface area contributed by atoms with Crippen molar-refractivity contribution in [2.75, 3.05) is 0 Å². The highest BCUT2D eigenvalue weighted by Crippen LogP contribution is 2.31. The Labute approximate surface area is 97.8 Å². The Morgan fingerprint density at radius 1 is 1.62 bits per heavy atom. The summed E-state index contributed by atoms with van der Waals surface area (Å²) in [7, 11) is 0. The normalized spacial score (nSPS) is 26.2. The van der Waals surface area contributed by atoms with Gasteiger partial charge in [0.15, 0.2) is 0 Å². The molecule has 0 aromatic rings. The largest absolute Gasteiger partial charge is 0.462 e. The fraction of sp³-hybridized carbons (Fsp3) is 0.846. The van der Waals surface area contributed by atoms with Crippen LogP contribution in [0.15, 0.2) is 0 Å². The van der Waals surface area contributed by atoms with Gasteiger partial charge < -0.3 is 4.74 Å². The maximum absolute atomic E-state index is 11.6. The van der Waals surface area contributed by atoms with E-state index in [4.69, 9.17) is 10.00 Å². The SMILES string of the molecule is CCCCC1CC(C(C)CCC#N)OC1=O. The lowest BCUT2D eigenvalue weighted by Crippen LogP contribution is -2.17. The molecule has 0 amide bonds. The standard InChI is InChI=1S/C13H21NO2/c1-3-4-7-11-9-12(16-13(11)15)10(2)6-5-8-14/h10-12H,3-7,9H2,1-2H3. The lowest BCUT2D eigenvalue weighted by Gasteiger charge is -2.16. The summed E-state index contributed by atoms with van der Waals surface area (Å²) in [5, 5.41) is 8.52. The first-order valence-corrected chi connectivity index (χ1v) is 6.26. The average molecular weight is 223 g/mol. The molecule has 3 nitrogen and oxygen atoms in total. The quantitative estimate of drug-likeness (QED) is 0.650. The zero-order chi connectivity index (χ0) is 12.0. The number of ether oxygens (including phenoxy) is 1. The Hall–Kier alpha value is -1.04. The molecule has 1 rings (SSSR count). The van der Waals surface area contributed by atoms with E-state index in [-0.39, 0.29) is 18.0 Å². The number of unbranched alkanes of at least 4 members (excludes halogenated alkanes) is 1. The van der Waals surface area contributed by atoms with Gasteiger partial charge >= 0.3 is 5.97 Å². The van der Waals surface area contributed by atoms with Crippen LogP contribution in [0.4, 0.5) is 0 Å². The maximum atomic E-state index is 11.6. The Morgan fingerprint density at radius 2 is 2.38 bits per heavy atom. The van der Waals surface area contributed by atoms with E-state index in [1.54, 1.807) is 0 Å². The van der Waals surface area contributed by atoms with Crippen LogP contribution in [0.25, 0.3) is 0 Å². The Morgan fingerprint density at radius 3 is 3.00 bits per heavy atom. The van der Waals surface area contributed by atoms with Crippen molar-refractivity contribution >= 4 is 5.97 Å². The minimum absolute atomic E-state index is 0.0257. The summed E-state index contributed by atoms with van der Waals surface area (Å²) in [6.07, 6.45) is 5.45. The molecule has 1 heterocycles. The minimum atomic E-state index is -0.0257. The van der Waals surface area contributed by atoms with Crippen molar-refractivity contribution in [2.45, 2.75) is 58.5 Å². The monoisotopic (exact) mass is 223 g/mol. The van der Waals surface area contributed by atoms with Crippen molar-refractivity contribution in [3.8, 4) is 6.07 Å². The first kappa shape index (κ1) is 13.0. The zero-order valence-electron chi connectivity index (χ0n) is 10.2. The molecule has 0 spiro atoms. The van der Waals surface area contributed by atoms with Gasteiger partial charge in [0.2, 0.25) is 0 Å². The fourth-order valence-corrected chi connectivity index (χ4v) is 2.18. The summed E-state index contributed by atoms with van der Waals surface area (Å²) >= 11 is 0. The molecule has 90 valence electrons. The highest BCUT2D eigenvalue weighted by atomic mass is 16.6. The number of carbonyl (C=O) groups excluding carboxylic acids is 1. The number of rotatable bonds is 6. The number of carbonyl (C=O) groups is 1. The summed E-state index contributed by atoms with van der Waals surface area (Å²) in [6.45, 7) is 4.20. The molecule has 0 aromatic heterocycles. The van der Waals surface area contributed by atoms with Crippen LogP contribution in [0.2, 0.25) is 0 Å². The number of nitrogens with zero attached hydrogens (tertiary/aromatic N) is 1. The van der Waals surface area contributed by atoms with Gasteiger partial charge in [-0.2, -0.15) is 5.26 Å². The first-order valence-electron chi connectivity index (χ1n) is 6.26. The predicted octanol–water partition coefficient (Wildman–Crippen LogP) is 3.05. The third-order valence-electron chi connectivity index (χ3n) is 3.37. The number of cyclic esters (lactones) is 1. The number of nitriles is 1. The van der Waals surface area contributed by atoms with Gasteiger partial charge in [0.05, 0.1) is 12.0 Å². The summed E-state index contributed by atoms with van der Waals surface area (Å²) in [4.78, 5) is 11.6. The van der Waals surface area contributed by atoms with Crippen molar-refractivity contribution in [3.05, 3.63) is 0 Å². The van der Waals surface area contributed by atoms with Crippen LogP contribution < -0.4 is 0 Å². The maximum Gasteiger partial charge on any atom is 0.309 e. The van der Waals surface area contributed by atoms with E-state index in [0.29, 0.717) is 12.3 Å². The van der Waals surface area contributed by atoms with E-state index in [0.717, 1.165) is 32.1 Å². The lowest BCUT2D eigenvalue weighted by atomic mass is 9.91. The van der Waals surface area contributed by atoms with Gasteiger partial charge in [0.25, 0.3) is 0 Å². The van der Waals surface area contributed by atoms with Crippen LogP contribution in [-0.4, -0.2) is 12.1 Å². The topological polar surface area (TPSA) is 50.1 Å². The van der Waals surface area contributed by atoms with Gasteiger partial charge in [0, 0.05) is 6.42 Å². The molecule has 0 N–H and O–H groups in total. The number of hydrogen-bond acceptors (Lipinski definition) is 3. The lowest BCUT2D eigenvalue weighted by molar-refractivity contribution is -0.145. The summed E-state index contributed by atoms with van der Waals surface area (Å²) in [5.74, 6) is 0.395. The average Bonchev–Trinajstić information content (AvgIpc) is 2.65. The number of hydrogen-bond donors (Lipinski definition) is 0. The molecule has 1 aliphatic rings. The van der Waals surface area contributed by atoms with Gasteiger partial charge in [-0.05, 0) is 25.2 Å². The van der Waals surface area contributed by atoms with Crippen molar-refractivity contribution in [1.29, 1.82) is 5.26 Å².